The van der Waals surface area contributed by atoms with Crippen molar-refractivity contribution in [1.29, 1.82) is 0 Å². The molecule has 2 aromatic rings. The topological polar surface area (TPSA) is 69.7 Å². The Hall–Kier alpha value is -1.90. The first-order valence-corrected chi connectivity index (χ1v) is 11.2. The number of hydrogen-bond acceptors (Lipinski definition) is 5. The van der Waals surface area contributed by atoms with Crippen molar-refractivity contribution in [3.05, 3.63) is 46.8 Å². The highest BCUT2D eigenvalue weighted by Gasteiger charge is 2.39. The number of rotatable bonds is 6. The van der Waals surface area contributed by atoms with Gasteiger partial charge in [0, 0.05) is 37.7 Å². The number of carbonyl (C=O) groups is 1. The molecule has 1 aliphatic rings. The third-order valence-electron chi connectivity index (χ3n) is 4.70. The Balaban J connectivity index is 1.67. The summed E-state index contributed by atoms with van der Waals surface area (Å²) in [6.07, 6.45) is 1.24. The van der Waals surface area contributed by atoms with Crippen molar-refractivity contribution in [3.63, 3.8) is 0 Å². The minimum atomic E-state index is -3.62. The van der Waals surface area contributed by atoms with Crippen LogP contribution in [0.2, 0.25) is 0 Å². The Bertz CT molecular complexity index is 905. The van der Waals surface area contributed by atoms with Crippen LogP contribution >= 0.6 is 11.3 Å². The molecule has 1 atom stereocenters. The summed E-state index contributed by atoms with van der Waals surface area (Å²) < 4.78 is 27.4. The summed E-state index contributed by atoms with van der Waals surface area (Å²) in [4.78, 5) is 15.6. The van der Waals surface area contributed by atoms with Crippen LogP contribution in [-0.4, -0.2) is 45.3 Å². The third kappa shape index (κ3) is 4.34. The molecule has 0 aliphatic carbocycles. The highest BCUT2D eigenvalue weighted by molar-refractivity contribution is 7.91. The Labute approximate surface area is 164 Å². The maximum absolute atomic E-state index is 12.9. The Morgan fingerprint density at radius 3 is 2.52 bits per heavy atom. The number of amides is 1. The molecule has 0 bridgehead atoms. The third-order valence-corrected chi connectivity index (χ3v) is 8.08. The maximum Gasteiger partial charge on any atom is 0.253 e. The van der Waals surface area contributed by atoms with Crippen LogP contribution in [0, 0.1) is 6.92 Å². The molecule has 146 valence electrons. The lowest BCUT2D eigenvalue weighted by Crippen LogP contribution is -2.45. The van der Waals surface area contributed by atoms with E-state index in [4.69, 9.17) is 0 Å². The molecule has 1 saturated heterocycles. The molecule has 1 fully saturated rings. The molecule has 0 unspecified atom stereocenters. The van der Waals surface area contributed by atoms with E-state index >= 15 is 0 Å². The summed E-state index contributed by atoms with van der Waals surface area (Å²) in [5.41, 5.74) is 2.07. The maximum atomic E-state index is 12.9. The lowest BCUT2D eigenvalue weighted by molar-refractivity contribution is -0.124. The molecule has 6 nitrogen and oxygen atoms in total. The summed E-state index contributed by atoms with van der Waals surface area (Å²) in [6.45, 7) is 2.64. The van der Waals surface area contributed by atoms with Gasteiger partial charge in [0.25, 0.3) is 10.0 Å². The van der Waals surface area contributed by atoms with Gasteiger partial charge >= 0.3 is 0 Å². The molecule has 1 aromatic heterocycles. The van der Waals surface area contributed by atoms with Crippen LogP contribution in [-0.2, 0) is 21.4 Å². The second-order valence-corrected chi connectivity index (χ2v) is 10.3. The molecule has 2 heterocycles. The van der Waals surface area contributed by atoms with Gasteiger partial charge in [0.05, 0.1) is 0 Å². The molecule has 0 radical (unpaired) electrons. The molecular formula is C19H25N3O3S2. The molecule has 1 N–H and O–H groups in total. The van der Waals surface area contributed by atoms with Gasteiger partial charge in [-0.1, -0.05) is 12.1 Å². The normalized spacial score (nSPS) is 17.8. The first-order chi connectivity index (χ1) is 12.8. The van der Waals surface area contributed by atoms with Crippen LogP contribution in [0.5, 0.6) is 0 Å². The van der Waals surface area contributed by atoms with E-state index < -0.39 is 16.1 Å². The van der Waals surface area contributed by atoms with E-state index in [1.54, 1.807) is 12.1 Å². The average molecular weight is 408 g/mol. The van der Waals surface area contributed by atoms with Crippen molar-refractivity contribution in [2.45, 2.75) is 36.6 Å². The fraction of sp³-hybridized carbons (Fsp3) is 0.421. The lowest BCUT2D eigenvalue weighted by atomic mass is 10.2. The first kappa shape index (κ1) is 19.9. The van der Waals surface area contributed by atoms with Crippen molar-refractivity contribution < 1.29 is 13.2 Å². The van der Waals surface area contributed by atoms with Crippen LogP contribution in [0.25, 0.3) is 0 Å². The number of nitrogens with one attached hydrogen (secondary N) is 1. The van der Waals surface area contributed by atoms with E-state index in [-0.39, 0.29) is 5.91 Å². The number of carbonyl (C=O) groups excluding carboxylic acids is 1. The summed E-state index contributed by atoms with van der Waals surface area (Å²) >= 11 is 1.24. The molecular weight excluding hydrogens is 382 g/mol. The minimum absolute atomic E-state index is 0.235. The van der Waals surface area contributed by atoms with Gasteiger partial charge in [-0.25, -0.2) is 8.42 Å². The van der Waals surface area contributed by atoms with Gasteiger partial charge < -0.3 is 10.2 Å². The smallest absolute Gasteiger partial charge is 0.253 e. The number of anilines is 1. The van der Waals surface area contributed by atoms with Crippen LogP contribution in [0.4, 0.5) is 5.69 Å². The fourth-order valence-corrected chi connectivity index (χ4v) is 6.24. The largest absolute Gasteiger partial charge is 0.378 e. The van der Waals surface area contributed by atoms with E-state index in [1.165, 1.54) is 15.6 Å². The molecule has 0 spiro atoms. The second-order valence-electron chi connectivity index (χ2n) is 6.92. The Kier molecular flexibility index (Phi) is 5.88. The first-order valence-electron chi connectivity index (χ1n) is 8.91. The van der Waals surface area contributed by atoms with Gasteiger partial charge in [0.15, 0.2) is 0 Å². The predicted octanol–water partition coefficient (Wildman–Crippen LogP) is 2.59. The van der Waals surface area contributed by atoms with Gasteiger partial charge in [-0.15, -0.1) is 11.3 Å². The van der Waals surface area contributed by atoms with Crippen molar-refractivity contribution in [2.75, 3.05) is 25.5 Å². The highest BCUT2D eigenvalue weighted by Crippen LogP contribution is 2.30. The van der Waals surface area contributed by atoms with E-state index in [0.717, 1.165) is 16.1 Å². The molecule has 1 amide bonds. The van der Waals surface area contributed by atoms with Gasteiger partial charge in [-0.2, -0.15) is 4.31 Å². The Morgan fingerprint density at radius 1 is 1.22 bits per heavy atom. The quantitative estimate of drug-likeness (QED) is 0.799. The summed E-state index contributed by atoms with van der Waals surface area (Å²) in [5.74, 6) is -0.235. The highest BCUT2D eigenvalue weighted by atomic mass is 32.2. The van der Waals surface area contributed by atoms with E-state index in [2.05, 4.69) is 5.32 Å². The summed E-state index contributed by atoms with van der Waals surface area (Å²) in [7, 11) is 0.322. The minimum Gasteiger partial charge on any atom is -0.378 e. The fourth-order valence-electron chi connectivity index (χ4n) is 3.18. The van der Waals surface area contributed by atoms with Crippen molar-refractivity contribution in [1.82, 2.24) is 9.62 Å². The Morgan fingerprint density at radius 2 is 1.93 bits per heavy atom. The van der Waals surface area contributed by atoms with Crippen LogP contribution in [0.15, 0.2) is 40.6 Å². The summed E-state index contributed by atoms with van der Waals surface area (Å²) in [5, 5.41) is 2.89. The van der Waals surface area contributed by atoms with Gasteiger partial charge in [0.2, 0.25) is 5.91 Å². The van der Waals surface area contributed by atoms with Crippen LogP contribution in [0.1, 0.15) is 23.3 Å². The van der Waals surface area contributed by atoms with Crippen LogP contribution < -0.4 is 10.2 Å². The lowest BCUT2D eigenvalue weighted by Gasteiger charge is -2.22. The molecule has 1 aromatic carbocycles. The predicted molar refractivity (Wildman–Crippen MR) is 109 cm³/mol. The zero-order valence-electron chi connectivity index (χ0n) is 15.8. The molecule has 0 saturated carbocycles. The number of sulfonamides is 1. The van der Waals surface area contributed by atoms with E-state index in [0.29, 0.717) is 30.1 Å². The van der Waals surface area contributed by atoms with Crippen LogP contribution in [0.3, 0.4) is 0 Å². The molecule has 8 heteroatoms. The number of thiophene rings is 1. The standard InChI is InChI=1S/C19H25N3O3S2/c1-14-6-11-18(26-14)27(24,25)22-12-4-5-17(22)19(23)20-13-15-7-9-16(10-8-15)21(2)3/h6-11,17H,4-5,12-13H2,1-3H3,(H,20,23)/t17-/m0/s1. The van der Waals surface area contributed by atoms with Gasteiger partial charge in [0.1, 0.15) is 10.3 Å². The number of hydrogen-bond donors (Lipinski definition) is 1. The molecule has 27 heavy (non-hydrogen) atoms. The summed E-state index contributed by atoms with van der Waals surface area (Å²) in [6, 6.07) is 10.7. The number of benzene rings is 1. The molecule has 1 aliphatic heterocycles. The van der Waals surface area contributed by atoms with Crippen molar-refractivity contribution in [2.24, 2.45) is 0 Å². The zero-order valence-corrected chi connectivity index (χ0v) is 17.4. The van der Waals surface area contributed by atoms with Crippen molar-refractivity contribution >= 4 is 33.0 Å². The van der Waals surface area contributed by atoms with E-state index in [9.17, 15) is 13.2 Å². The average Bonchev–Trinajstić information content (AvgIpc) is 3.29. The van der Waals surface area contributed by atoms with Gasteiger partial charge in [-0.05, 0) is 49.6 Å². The monoisotopic (exact) mass is 407 g/mol. The second kappa shape index (κ2) is 8.00. The molecule has 3 rings (SSSR count). The zero-order chi connectivity index (χ0) is 19.6. The van der Waals surface area contributed by atoms with Crippen molar-refractivity contribution in [3.8, 4) is 0 Å². The number of aryl methyl sites for hydroxylation is 1. The number of nitrogens with zero attached hydrogens (tertiary/aromatic N) is 2. The van der Waals surface area contributed by atoms with E-state index in [1.807, 2.05) is 50.2 Å². The van der Waals surface area contributed by atoms with Gasteiger partial charge in [-0.3, -0.25) is 4.79 Å². The SMILES string of the molecule is Cc1ccc(S(=O)(=O)N2CCC[C@H]2C(=O)NCc2ccc(N(C)C)cc2)s1.